The van der Waals surface area contributed by atoms with Gasteiger partial charge in [-0.25, -0.2) is 4.79 Å². The average Bonchev–Trinajstić information content (AvgIpc) is 3.07. The van der Waals surface area contributed by atoms with Crippen molar-refractivity contribution in [3.8, 4) is 17.3 Å². The molecule has 0 saturated carbocycles. The van der Waals surface area contributed by atoms with E-state index in [1.807, 2.05) is 36.6 Å². The van der Waals surface area contributed by atoms with Crippen LogP contribution < -0.4 is 5.32 Å². The van der Waals surface area contributed by atoms with Gasteiger partial charge in [0.15, 0.2) is 0 Å². The third kappa shape index (κ3) is 4.02. The van der Waals surface area contributed by atoms with Crippen LogP contribution in [0.2, 0.25) is 0 Å². The summed E-state index contributed by atoms with van der Waals surface area (Å²) in [5, 5.41) is 17.6. The summed E-state index contributed by atoms with van der Waals surface area (Å²) in [7, 11) is 0. The van der Waals surface area contributed by atoms with Gasteiger partial charge in [-0.2, -0.15) is 5.26 Å². The van der Waals surface area contributed by atoms with Gasteiger partial charge in [0, 0.05) is 29.7 Å². The second-order valence-electron chi connectivity index (χ2n) is 4.87. The number of aromatic nitrogens is 2. The van der Waals surface area contributed by atoms with Crippen LogP contribution in [-0.2, 0) is 0 Å². The maximum Gasteiger partial charge on any atom is 0.321 e. The number of amides is 2. The van der Waals surface area contributed by atoms with E-state index in [0.29, 0.717) is 18.8 Å². The number of hydrogen-bond acceptors (Lipinski definition) is 5. The molecule has 0 fully saturated rings. The summed E-state index contributed by atoms with van der Waals surface area (Å²) < 4.78 is 3.83. The Kier molecular flexibility index (Phi) is 5.44. The van der Waals surface area contributed by atoms with Crippen LogP contribution in [0, 0.1) is 17.2 Å². The third-order valence-electron chi connectivity index (χ3n) is 3.18. The van der Waals surface area contributed by atoms with Crippen LogP contribution in [0.25, 0.3) is 11.3 Å². The molecule has 0 spiro atoms. The van der Waals surface area contributed by atoms with E-state index in [4.69, 9.17) is 5.26 Å². The van der Waals surface area contributed by atoms with E-state index in [9.17, 15) is 4.79 Å². The van der Waals surface area contributed by atoms with Crippen LogP contribution in [0.15, 0.2) is 29.6 Å². The summed E-state index contributed by atoms with van der Waals surface area (Å²) in [5.41, 5.74) is 2.48. The van der Waals surface area contributed by atoms with Crippen LogP contribution in [0.1, 0.15) is 13.8 Å². The number of nitrogens with one attached hydrogen (secondary N) is 1. The van der Waals surface area contributed by atoms with Crippen LogP contribution in [-0.4, -0.2) is 33.6 Å². The zero-order chi connectivity index (χ0) is 15.9. The number of nitriles is 1. The zero-order valence-electron chi connectivity index (χ0n) is 12.5. The highest BCUT2D eigenvalue weighted by atomic mass is 32.1. The maximum absolute atomic E-state index is 12.2. The van der Waals surface area contributed by atoms with E-state index >= 15 is 0 Å². The van der Waals surface area contributed by atoms with Crippen molar-refractivity contribution in [1.82, 2.24) is 14.5 Å². The highest BCUT2D eigenvalue weighted by Crippen LogP contribution is 2.20. The van der Waals surface area contributed by atoms with E-state index in [1.54, 1.807) is 11.8 Å². The van der Waals surface area contributed by atoms with Crippen molar-refractivity contribution < 1.29 is 4.79 Å². The van der Waals surface area contributed by atoms with Crippen LogP contribution in [0.5, 0.6) is 0 Å². The van der Waals surface area contributed by atoms with Gasteiger partial charge in [0.1, 0.15) is 5.69 Å². The highest BCUT2D eigenvalue weighted by molar-refractivity contribution is 7.03. The van der Waals surface area contributed by atoms with E-state index in [2.05, 4.69) is 21.0 Å². The molecule has 0 aliphatic rings. The minimum absolute atomic E-state index is 0.190. The van der Waals surface area contributed by atoms with Crippen LogP contribution in [0.3, 0.4) is 0 Å². The van der Waals surface area contributed by atoms with Crippen molar-refractivity contribution in [3.63, 3.8) is 0 Å². The highest BCUT2D eigenvalue weighted by Gasteiger charge is 2.14. The number of urea groups is 1. The first kappa shape index (κ1) is 15.9. The number of rotatable bonds is 5. The van der Waals surface area contributed by atoms with Crippen LogP contribution >= 0.6 is 11.5 Å². The normalized spacial score (nSPS) is 11.5. The lowest BCUT2D eigenvalue weighted by molar-refractivity contribution is 0.210. The molecule has 0 aliphatic carbocycles. The Morgan fingerprint density at radius 3 is 2.73 bits per heavy atom. The molecule has 2 aromatic rings. The lowest BCUT2D eigenvalue weighted by Crippen LogP contribution is -2.37. The summed E-state index contributed by atoms with van der Waals surface area (Å²) in [5.74, 6) is -0.190. The SMILES string of the molecule is CCN(C[C@@H](C)C#N)C(=O)Nc1ccc(-c2csnn2)cc1. The maximum atomic E-state index is 12.2. The Balaban J connectivity index is 2.00. The molecule has 1 aromatic carbocycles. The molecular formula is C15H17N5OS. The molecule has 0 bridgehead atoms. The predicted octanol–water partition coefficient (Wildman–Crippen LogP) is 3.22. The van der Waals surface area contributed by atoms with Crippen molar-refractivity contribution in [2.75, 3.05) is 18.4 Å². The fraction of sp³-hybridized carbons (Fsp3) is 0.333. The Bertz CT molecular complexity index is 648. The molecule has 114 valence electrons. The first-order chi connectivity index (χ1) is 10.6. The molecule has 0 aliphatic heterocycles. The van der Waals surface area contributed by atoms with Crippen molar-refractivity contribution in [3.05, 3.63) is 29.6 Å². The second kappa shape index (κ2) is 7.52. The van der Waals surface area contributed by atoms with Crippen molar-refractivity contribution in [2.24, 2.45) is 5.92 Å². The lowest BCUT2D eigenvalue weighted by Gasteiger charge is -2.22. The van der Waals surface area contributed by atoms with Gasteiger partial charge in [0.25, 0.3) is 0 Å². The van der Waals surface area contributed by atoms with Crippen molar-refractivity contribution in [1.29, 1.82) is 5.26 Å². The summed E-state index contributed by atoms with van der Waals surface area (Å²) in [4.78, 5) is 13.8. The Hall–Kier alpha value is -2.46. The van der Waals surface area contributed by atoms with E-state index in [1.165, 1.54) is 11.5 Å². The first-order valence-corrected chi connectivity index (χ1v) is 7.80. The molecule has 0 saturated heterocycles. The molecule has 1 heterocycles. The van der Waals surface area contributed by atoms with Gasteiger partial charge in [-0.1, -0.05) is 16.6 Å². The molecule has 7 heteroatoms. The minimum Gasteiger partial charge on any atom is -0.324 e. The molecule has 0 unspecified atom stereocenters. The molecule has 1 aromatic heterocycles. The molecule has 22 heavy (non-hydrogen) atoms. The number of carbonyl (C=O) groups excluding carboxylic acids is 1. The summed E-state index contributed by atoms with van der Waals surface area (Å²) in [6.45, 7) is 4.66. The lowest BCUT2D eigenvalue weighted by atomic mass is 10.1. The Morgan fingerprint density at radius 1 is 1.45 bits per heavy atom. The number of hydrogen-bond donors (Lipinski definition) is 1. The number of benzene rings is 1. The van der Waals surface area contributed by atoms with Gasteiger partial charge in [-0.3, -0.25) is 0 Å². The standard InChI is InChI=1S/C15H17N5OS/c1-3-20(9-11(2)8-16)15(21)17-13-6-4-12(5-7-13)14-10-22-19-18-14/h4-7,10-11H,3,9H2,1-2H3,(H,17,21)/t11-/m0/s1. The third-order valence-corrected chi connectivity index (χ3v) is 3.68. The van der Waals surface area contributed by atoms with Crippen LogP contribution in [0.4, 0.5) is 10.5 Å². The van der Waals surface area contributed by atoms with Crippen molar-refractivity contribution >= 4 is 23.3 Å². The second-order valence-corrected chi connectivity index (χ2v) is 5.48. The molecular weight excluding hydrogens is 298 g/mol. The fourth-order valence-corrected chi connectivity index (χ4v) is 2.41. The molecule has 1 atom stereocenters. The van der Waals surface area contributed by atoms with Gasteiger partial charge in [0.2, 0.25) is 0 Å². The van der Waals surface area contributed by atoms with Gasteiger partial charge in [-0.15, -0.1) is 5.10 Å². The smallest absolute Gasteiger partial charge is 0.321 e. The zero-order valence-corrected chi connectivity index (χ0v) is 13.3. The largest absolute Gasteiger partial charge is 0.324 e. The van der Waals surface area contributed by atoms with E-state index in [0.717, 1.165) is 11.3 Å². The molecule has 2 rings (SSSR count). The molecule has 6 nitrogen and oxygen atoms in total. The van der Waals surface area contributed by atoms with Gasteiger partial charge in [0.05, 0.1) is 12.0 Å². The monoisotopic (exact) mass is 315 g/mol. The summed E-state index contributed by atoms with van der Waals surface area (Å²) >= 11 is 1.30. The topological polar surface area (TPSA) is 81.9 Å². The number of anilines is 1. The molecule has 2 amide bonds. The fourth-order valence-electron chi connectivity index (χ4n) is 1.94. The predicted molar refractivity (Wildman–Crippen MR) is 86.4 cm³/mol. The van der Waals surface area contributed by atoms with Gasteiger partial charge >= 0.3 is 6.03 Å². The summed E-state index contributed by atoms with van der Waals surface area (Å²) in [6, 6.07) is 9.37. The minimum atomic E-state index is -0.201. The van der Waals surface area contributed by atoms with E-state index in [-0.39, 0.29) is 11.9 Å². The average molecular weight is 315 g/mol. The molecule has 0 radical (unpaired) electrons. The Labute approximate surface area is 133 Å². The molecule has 1 N–H and O–H groups in total. The Morgan fingerprint density at radius 2 is 2.18 bits per heavy atom. The van der Waals surface area contributed by atoms with Gasteiger partial charge in [-0.05, 0) is 37.5 Å². The van der Waals surface area contributed by atoms with E-state index < -0.39 is 0 Å². The van der Waals surface area contributed by atoms with Gasteiger partial charge < -0.3 is 10.2 Å². The number of carbonyl (C=O) groups is 1. The quantitative estimate of drug-likeness (QED) is 0.918. The van der Waals surface area contributed by atoms with Crippen molar-refractivity contribution in [2.45, 2.75) is 13.8 Å². The first-order valence-electron chi connectivity index (χ1n) is 6.97. The summed E-state index contributed by atoms with van der Waals surface area (Å²) in [6.07, 6.45) is 0. The number of nitrogens with zero attached hydrogens (tertiary/aromatic N) is 4.